The van der Waals surface area contributed by atoms with Crippen molar-refractivity contribution in [2.24, 2.45) is 5.92 Å². The molecule has 1 aliphatic carbocycles. The van der Waals surface area contributed by atoms with Crippen LogP contribution < -0.4 is 10.1 Å². The first-order valence-electron chi connectivity index (χ1n) is 6.71. The number of hydrogen-bond acceptors (Lipinski definition) is 2. The Bertz CT molecular complexity index is 405. The van der Waals surface area contributed by atoms with Crippen LogP contribution in [0.4, 0.5) is 0 Å². The van der Waals surface area contributed by atoms with E-state index >= 15 is 0 Å². The molecule has 18 heavy (non-hydrogen) atoms. The van der Waals surface area contributed by atoms with Gasteiger partial charge in [0.2, 0.25) is 0 Å². The highest BCUT2D eigenvalue weighted by Gasteiger charge is 2.38. The number of hydrogen-bond donors (Lipinski definition) is 1. The third kappa shape index (κ3) is 3.39. The summed E-state index contributed by atoms with van der Waals surface area (Å²) < 4.78 is 5.91. The minimum atomic E-state index is 0.558. The standard InChI is InChI=1S/C15H22ClNO/c1-10(2)6-7-18-15-5-4-11(16)8-13(15)12-9-14(12)17-3/h4-5,8,10,12,14,17H,6-7,9H2,1-3H3. The van der Waals surface area contributed by atoms with Crippen LogP contribution in [-0.2, 0) is 0 Å². The van der Waals surface area contributed by atoms with Gasteiger partial charge >= 0.3 is 0 Å². The van der Waals surface area contributed by atoms with E-state index in [1.54, 1.807) is 0 Å². The summed E-state index contributed by atoms with van der Waals surface area (Å²) in [6, 6.07) is 6.54. The van der Waals surface area contributed by atoms with E-state index in [4.69, 9.17) is 16.3 Å². The van der Waals surface area contributed by atoms with Gasteiger partial charge in [-0.2, -0.15) is 0 Å². The normalized spacial score (nSPS) is 22.3. The van der Waals surface area contributed by atoms with Crippen molar-refractivity contribution in [2.75, 3.05) is 13.7 Å². The first kappa shape index (κ1) is 13.7. The molecule has 1 saturated carbocycles. The average molecular weight is 268 g/mol. The third-order valence-corrected chi connectivity index (χ3v) is 3.72. The van der Waals surface area contributed by atoms with Gasteiger partial charge in [-0.15, -0.1) is 0 Å². The maximum atomic E-state index is 6.09. The van der Waals surface area contributed by atoms with Crippen molar-refractivity contribution in [2.45, 2.75) is 38.6 Å². The molecule has 1 fully saturated rings. The molecule has 1 aliphatic rings. The van der Waals surface area contributed by atoms with Crippen LogP contribution in [0.5, 0.6) is 5.75 Å². The number of ether oxygens (including phenoxy) is 1. The quantitative estimate of drug-likeness (QED) is 0.846. The molecule has 2 unspecified atom stereocenters. The topological polar surface area (TPSA) is 21.3 Å². The fraction of sp³-hybridized carbons (Fsp3) is 0.600. The molecule has 0 aromatic heterocycles. The molecule has 0 spiro atoms. The summed E-state index contributed by atoms with van der Waals surface area (Å²) in [5, 5.41) is 4.10. The first-order chi connectivity index (χ1) is 8.61. The number of rotatable bonds is 6. The van der Waals surface area contributed by atoms with Crippen LogP contribution in [0.3, 0.4) is 0 Å². The van der Waals surface area contributed by atoms with E-state index in [2.05, 4.69) is 19.2 Å². The zero-order valence-corrected chi connectivity index (χ0v) is 12.1. The lowest BCUT2D eigenvalue weighted by atomic mass is 10.1. The summed E-state index contributed by atoms with van der Waals surface area (Å²) in [4.78, 5) is 0. The number of halogens is 1. The summed E-state index contributed by atoms with van der Waals surface area (Å²) in [7, 11) is 2.01. The van der Waals surface area contributed by atoms with Crippen LogP contribution >= 0.6 is 11.6 Å². The van der Waals surface area contributed by atoms with Crippen molar-refractivity contribution in [3.8, 4) is 5.75 Å². The Morgan fingerprint density at radius 3 is 2.83 bits per heavy atom. The Morgan fingerprint density at radius 1 is 1.44 bits per heavy atom. The van der Waals surface area contributed by atoms with Crippen LogP contribution in [0.1, 0.15) is 38.2 Å². The second kappa shape index (κ2) is 5.94. The van der Waals surface area contributed by atoms with Gasteiger partial charge in [-0.25, -0.2) is 0 Å². The second-order valence-corrected chi connectivity index (χ2v) is 5.89. The Balaban J connectivity index is 2.04. The fourth-order valence-corrected chi connectivity index (χ4v) is 2.38. The Labute approximate surface area is 115 Å². The fourth-order valence-electron chi connectivity index (χ4n) is 2.20. The van der Waals surface area contributed by atoms with Gasteiger partial charge in [0.25, 0.3) is 0 Å². The lowest BCUT2D eigenvalue weighted by Gasteiger charge is -2.13. The second-order valence-electron chi connectivity index (χ2n) is 5.45. The van der Waals surface area contributed by atoms with E-state index < -0.39 is 0 Å². The minimum Gasteiger partial charge on any atom is -0.493 e. The molecular formula is C15H22ClNO. The monoisotopic (exact) mass is 267 g/mol. The van der Waals surface area contributed by atoms with E-state index in [-0.39, 0.29) is 0 Å². The van der Waals surface area contributed by atoms with E-state index in [1.165, 1.54) is 12.0 Å². The lowest BCUT2D eigenvalue weighted by molar-refractivity contribution is 0.287. The summed E-state index contributed by atoms with van der Waals surface area (Å²) >= 11 is 6.09. The molecule has 2 rings (SSSR count). The van der Waals surface area contributed by atoms with E-state index in [0.29, 0.717) is 17.9 Å². The molecular weight excluding hydrogens is 246 g/mol. The van der Waals surface area contributed by atoms with Crippen LogP contribution in [0.15, 0.2) is 18.2 Å². The Hall–Kier alpha value is -0.730. The molecule has 2 atom stereocenters. The van der Waals surface area contributed by atoms with Crippen molar-refractivity contribution in [1.82, 2.24) is 5.32 Å². The van der Waals surface area contributed by atoms with Gasteiger partial charge in [-0.3, -0.25) is 0 Å². The number of benzene rings is 1. The molecule has 2 nitrogen and oxygen atoms in total. The van der Waals surface area contributed by atoms with E-state index in [0.717, 1.165) is 23.8 Å². The lowest BCUT2D eigenvalue weighted by Crippen LogP contribution is -2.11. The third-order valence-electron chi connectivity index (χ3n) is 3.49. The molecule has 0 heterocycles. The van der Waals surface area contributed by atoms with Crippen molar-refractivity contribution in [3.05, 3.63) is 28.8 Å². The van der Waals surface area contributed by atoms with Crippen LogP contribution in [0.25, 0.3) is 0 Å². The van der Waals surface area contributed by atoms with Gasteiger partial charge in [-0.1, -0.05) is 25.4 Å². The molecule has 0 amide bonds. The van der Waals surface area contributed by atoms with E-state index in [1.807, 2.05) is 25.2 Å². The van der Waals surface area contributed by atoms with Crippen molar-refractivity contribution >= 4 is 11.6 Å². The molecule has 100 valence electrons. The van der Waals surface area contributed by atoms with Crippen molar-refractivity contribution in [1.29, 1.82) is 0 Å². The van der Waals surface area contributed by atoms with E-state index in [9.17, 15) is 0 Å². The SMILES string of the molecule is CNC1CC1c1cc(Cl)ccc1OCCC(C)C. The highest BCUT2D eigenvalue weighted by molar-refractivity contribution is 6.30. The molecule has 3 heteroatoms. The zero-order valence-electron chi connectivity index (χ0n) is 11.4. The van der Waals surface area contributed by atoms with Gasteiger partial charge in [0, 0.05) is 22.5 Å². The summed E-state index contributed by atoms with van der Waals surface area (Å²) in [6.45, 7) is 5.21. The Morgan fingerprint density at radius 2 is 2.22 bits per heavy atom. The number of nitrogens with one attached hydrogen (secondary N) is 1. The maximum Gasteiger partial charge on any atom is 0.122 e. The summed E-state index contributed by atoms with van der Waals surface area (Å²) in [5.41, 5.74) is 1.26. The highest BCUT2D eigenvalue weighted by Crippen LogP contribution is 2.45. The largest absolute Gasteiger partial charge is 0.493 e. The number of likely N-dealkylation sites (N-methyl/N-ethyl adjacent to an activating group) is 1. The van der Waals surface area contributed by atoms with Crippen LogP contribution in [0.2, 0.25) is 5.02 Å². The first-order valence-corrected chi connectivity index (χ1v) is 7.09. The molecule has 1 aromatic rings. The predicted molar refractivity (Wildman–Crippen MR) is 76.6 cm³/mol. The average Bonchev–Trinajstić information content (AvgIpc) is 3.09. The summed E-state index contributed by atoms with van der Waals surface area (Å²) in [5.74, 6) is 2.23. The van der Waals surface area contributed by atoms with Gasteiger partial charge < -0.3 is 10.1 Å². The molecule has 1 aromatic carbocycles. The zero-order chi connectivity index (χ0) is 13.1. The smallest absolute Gasteiger partial charge is 0.122 e. The molecule has 0 radical (unpaired) electrons. The summed E-state index contributed by atoms with van der Waals surface area (Å²) in [6.07, 6.45) is 2.26. The van der Waals surface area contributed by atoms with Crippen LogP contribution in [-0.4, -0.2) is 19.7 Å². The van der Waals surface area contributed by atoms with Gasteiger partial charge in [-0.05, 0) is 44.0 Å². The van der Waals surface area contributed by atoms with Crippen molar-refractivity contribution < 1.29 is 4.74 Å². The predicted octanol–water partition coefficient (Wildman–Crippen LogP) is 3.84. The Kier molecular flexibility index (Phi) is 4.52. The van der Waals surface area contributed by atoms with Gasteiger partial charge in [0.1, 0.15) is 5.75 Å². The molecule has 1 N–H and O–H groups in total. The van der Waals surface area contributed by atoms with Crippen LogP contribution in [0, 0.1) is 5.92 Å². The van der Waals surface area contributed by atoms with Crippen molar-refractivity contribution in [3.63, 3.8) is 0 Å². The maximum absolute atomic E-state index is 6.09. The molecule has 0 bridgehead atoms. The van der Waals surface area contributed by atoms with Gasteiger partial charge in [0.15, 0.2) is 0 Å². The molecule has 0 aliphatic heterocycles. The molecule has 0 saturated heterocycles. The van der Waals surface area contributed by atoms with Gasteiger partial charge in [0.05, 0.1) is 6.61 Å². The minimum absolute atomic E-state index is 0.558. The highest BCUT2D eigenvalue weighted by atomic mass is 35.5.